The van der Waals surface area contributed by atoms with E-state index in [1.165, 1.54) is 29.5 Å². The van der Waals surface area contributed by atoms with Gasteiger partial charge in [-0.3, -0.25) is 9.59 Å². The van der Waals surface area contributed by atoms with Crippen molar-refractivity contribution in [3.63, 3.8) is 0 Å². The molecule has 2 aromatic rings. The van der Waals surface area contributed by atoms with Crippen LogP contribution in [0, 0.1) is 5.82 Å². The molecule has 1 N–H and O–H groups in total. The van der Waals surface area contributed by atoms with Crippen LogP contribution >= 0.6 is 11.8 Å². The van der Waals surface area contributed by atoms with Crippen molar-refractivity contribution in [2.45, 2.75) is 50.6 Å². The third kappa shape index (κ3) is 5.38. The molecule has 1 aliphatic heterocycles. The predicted octanol–water partition coefficient (Wildman–Crippen LogP) is 4.32. The molecule has 0 radical (unpaired) electrons. The highest BCUT2D eigenvalue weighted by atomic mass is 32.2. The van der Waals surface area contributed by atoms with E-state index in [1.807, 2.05) is 25.1 Å². The molecule has 1 heterocycles. The van der Waals surface area contributed by atoms with Gasteiger partial charge in [-0.2, -0.15) is 0 Å². The second-order valence-electron chi connectivity index (χ2n) is 7.34. The summed E-state index contributed by atoms with van der Waals surface area (Å²) in [6.07, 6.45) is 2.01. The van der Waals surface area contributed by atoms with Crippen LogP contribution < -0.4 is 5.32 Å². The first-order valence-electron chi connectivity index (χ1n) is 10.0. The van der Waals surface area contributed by atoms with Crippen molar-refractivity contribution in [3.05, 3.63) is 71.5 Å². The standard InChI is InChI=1S/C23H27FN2O2S/c1-3-21(27)26-20(15-29-23(26)18-10-7-11-19(24)14-18)22(28)25-16(2)12-13-17-8-5-4-6-9-17/h4-11,14,16,20,23H,3,12-13,15H2,1-2H3,(H,25,28). The third-order valence-corrected chi connectivity index (χ3v) is 6.45. The van der Waals surface area contributed by atoms with Crippen molar-refractivity contribution in [1.29, 1.82) is 0 Å². The van der Waals surface area contributed by atoms with Crippen molar-refractivity contribution in [2.75, 3.05) is 5.75 Å². The summed E-state index contributed by atoms with van der Waals surface area (Å²) in [5.41, 5.74) is 1.95. The molecule has 3 atom stereocenters. The summed E-state index contributed by atoms with van der Waals surface area (Å²) in [5.74, 6) is -0.0704. The molecule has 0 bridgehead atoms. The highest BCUT2D eigenvalue weighted by molar-refractivity contribution is 7.99. The molecule has 3 unspecified atom stereocenters. The number of hydrogen-bond donors (Lipinski definition) is 1. The van der Waals surface area contributed by atoms with Gasteiger partial charge >= 0.3 is 0 Å². The fourth-order valence-corrected chi connectivity index (χ4v) is 4.99. The number of hydrogen-bond acceptors (Lipinski definition) is 3. The van der Waals surface area contributed by atoms with E-state index >= 15 is 0 Å². The van der Waals surface area contributed by atoms with Gasteiger partial charge in [-0.15, -0.1) is 11.8 Å². The van der Waals surface area contributed by atoms with E-state index < -0.39 is 6.04 Å². The minimum Gasteiger partial charge on any atom is -0.352 e. The normalized spacial score (nSPS) is 19.8. The molecule has 0 aromatic heterocycles. The molecule has 1 aliphatic rings. The Balaban J connectivity index is 1.66. The summed E-state index contributed by atoms with van der Waals surface area (Å²) in [4.78, 5) is 27.2. The molecule has 1 saturated heterocycles. The maximum atomic E-state index is 13.7. The van der Waals surface area contributed by atoms with Gasteiger partial charge in [-0.25, -0.2) is 4.39 Å². The fraction of sp³-hybridized carbons (Fsp3) is 0.391. The van der Waals surface area contributed by atoms with Gasteiger partial charge in [-0.1, -0.05) is 49.4 Å². The first-order chi connectivity index (χ1) is 14.0. The molecule has 4 nitrogen and oxygen atoms in total. The van der Waals surface area contributed by atoms with Gasteiger partial charge in [-0.05, 0) is 43.0 Å². The second-order valence-corrected chi connectivity index (χ2v) is 8.46. The minimum absolute atomic E-state index is 0.000459. The summed E-state index contributed by atoms with van der Waals surface area (Å²) < 4.78 is 13.7. The second kappa shape index (κ2) is 9.92. The number of amides is 2. The van der Waals surface area contributed by atoms with Gasteiger partial charge < -0.3 is 10.2 Å². The Kier molecular flexibility index (Phi) is 7.31. The molecule has 0 aliphatic carbocycles. The molecular weight excluding hydrogens is 387 g/mol. The van der Waals surface area contributed by atoms with Gasteiger partial charge in [0.05, 0.1) is 0 Å². The van der Waals surface area contributed by atoms with Gasteiger partial charge in [0.2, 0.25) is 11.8 Å². The van der Waals surface area contributed by atoms with Crippen LogP contribution in [-0.4, -0.2) is 34.6 Å². The summed E-state index contributed by atoms with van der Waals surface area (Å²) in [6, 6.07) is 15.9. The average molecular weight is 415 g/mol. The Bertz CT molecular complexity index is 846. The van der Waals surface area contributed by atoms with Crippen LogP contribution in [-0.2, 0) is 16.0 Å². The lowest BCUT2D eigenvalue weighted by molar-refractivity contribution is -0.139. The van der Waals surface area contributed by atoms with Crippen LogP contribution in [0.2, 0.25) is 0 Å². The summed E-state index contributed by atoms with van der Waals surface area (Å²) in [5, 5.41) is 2.72. The molecule has 2 aromatic carbocycles. The summed E-state index contributed by atoms with van der Waals surface area (Å²) >= 11 is 1.51. The lowest BCUT2D eigenvalue weighted by atomic mass is 10.1. The Morgan fingerprint density at radius 3 is 2.66 bits per heavy atom. The molecule has 0 saturated carbocycles. The molecular formula is C23H27FN2O2S. The number of nitrogens with one attached hydrogen (secondary N) is 1. The van der Waals surface area contributed by atoms with E-state index in [0.717, 1.165) is 12.8 Å². The Morgan fingerprint density at radius 1 is 1.21 bits per heavy atom. The molecule has 1 fully saturated rings. The molecule has 6 heteroatoms. The van der Waals surface area contributed by atoms with Crippen LogP contribution in [0.1, 0.15) is 43.2 Å². The van der Waals surface area contributed by atoms with Crippen LogP contribution in [0.15, 0.2) is 54.6 Å². The summed E-state index contributed by atoms with van der Waals surface area (Å²) in [7, 11) is 0. The topological polar surface area (TPSA) is 49.4 Å². The van der Waals surface area contributed by atoms with E-state index in [1.54, 1.807) is 24.0 Å². The monoisotopic (exact) mass is 414 g/mol. The van der Waals surface area contributed by atoms with E-state index in [2.05, 4.69) is 17.4 Å². The van der Waals surface area contributed by atoms with Crippen LogP contribution in [0.5, 0.6) is 0 Å². The quantitative estimate of drug-likeness (QED) is 0.734. The van der Waals surface area contributed by atoms with Gasteiger partial charge in [0, 0.05) is 18.2 Å². The van der Waals surface area contributed by atoms with Gasteiger partial charge in [0.15, 0.2) is 0 Å². The Labute approximate surface area is 175 Å². The highest BCUT2D eigenvalue weighted by Gasteiger charge is 2.41. The molecule has 0 spiro atoms. The minimum atomic E-state index is -0.542. The number of carbonyl (C=O) groups is 2. The number of rotatable bonds is 7. The van der Waals surface area contributed by atoms with Crippen molar-refractivity contribution in [1.82, 2.24) is 10.2 Å². The van der Waals surface area contributed by atoms with E-state index in [9.17, 15) is 14.0 Å². The lowest BCUT2D eigenvalue weighted by Crippen LogP contribution is -2.49. The van der Waals surface area contributed by atoms with Crippen LogP contribution in [0.25, 0.3) is 0 Å². The van der Waals surface area contributed by atoms with Crippen molar-refractivity contribution < 1.29 is 14.0 Å². The number of carbonyl (C=O) groups excluding carboxylic acids is 2. The van der Waals surface area contributed by atoms with E-state index in [0.29, 0.717) is 17.7 Å². The van der Waals surface area contributed by atoms with Crippen molar-refractivity contribution in [2.24, 2.45) is 0 Å². The molecule has 2 amide bonds. The van der Waals surface area contributed by atoms with Crippen molar-refractivity contribution >= 4 is 23.6 Å². The van der Waals surface area contributed by atoms with Gasteiger partial charge in [0.25, 0.3) is 0 Å². The van der Waals surface area contributed by atoms with E-state index in [4.69, 9.17) is 0 Å². The van der Waals surface area contributed by atoms with Crippen LogP contribution in [0.4, 0.5) is 4.39 Å². The number of benzene rings is 2. The van der Waals surface area contributed by atoms with E-state index in [-0.39, 0.29) is 29.0 Å². The molecule has 154 valence electrons. The molecule has 3 rings (SSSR count). The zero-order valence-electron chi connectivity index (χ0n) is 16.8. The zero-order valence-corrected chi connectivity index (χ0v) is 17.6. The lowest BCUT2D eigenvalue weighted by Gasteiger charge is -2.29. The third-order valence-electron chi connectivity index (χ3n) is 5.12. The number of aryl methyl sites for hydroxylation is 1. The fourth-order valence-electron chi connectivity index (χ4n) is 3.55. The Hall–Kier alpha value is -2.34. The predicted molar refractivity (Wildman–Crippen MR) is 115 cm³/mol. The first kappa shape index (κ1) is 21.4. The highest BCUT2D eigenvalue weighted by Crippen LogP contribution is 2.42. The zero-order chi connectivity index (χ0) is 20.8. The molecule has 29 heavy (non-hydrogen) atoms. The number of nitrogens with zero attached hydrogens (tertiary/aromatic N) is 1. The average Bonchev–Trinajstić information content (AvgIpc) is 3.18. The van der Waals surface area contributed by atoms with Crippen molar-refractivity contribution in [3.8, 4) is 0 Å². The van der Waals surface area contributed by atoms with Gasteiger partial charge in [0.1, 0.15) is 17.2 Å². The smallest absolute Gasteiger partial charge is 0.243 e. The number of halogens is 1. The van der Waals surface area contributed by atoms with Crippen LogP contribution in [0.3, 0.4) is 0 Å². The number of thioether (sulfide) groups is 1. The maximum Gasteiger partial charge on any atom is 0.243 e. The SMILES string of the molecule is CCC(=O)N1C(C(=O)NC(C)CCc2ccccc2)CSC1c1cccc(F)c1. The first-order valence-corrected chi connectivity index (χ1v) is 11.1. The largest absolute Gasteiger partial charge is 0.352 e. The maximum absolute atomic E-state index is 13.7. The summed E-state index contributed by atoms with van der Waals surface area (Å²) in [6.45, 7) is 3.77. The Morgan fingerprint density at radius 2 is 1.97 bits per heavy atom.